The largest absolute Gasteiger partial charge is 0.310 e. The van der Waals surface area contributed by atoms with Gasteiger partial charge in [-0.2, -0.15) is 16.9 Å². The Hall–Kier alpha value is -1.46. The summed E-state index contributed by atoms with van der Waals surface area (Å²) in [6, 6.07) is 7.61. The van der Waals surface area contributed by atoms with Crippen molar-refractivity contribution in [3.05, 3.63) is 40.5 Å². The molecule has 2 heterocycles. The van der Waals surface area contributed by atoms with E-state index in [1.807, 2.05) is 40.7 Å². The van der Waals surface area contributed by atoms with Gasteiger partial charge in [-0.25, -0.2) is 4.68 Å². The van der Waals surface area contributed by atoms with E-state index in [1.54, 1.807) is 0 Å². The van der Waals surface area contributed by atoms with Crippen molar-refractivity contribution in [2.24, 2.45) is 5.92 Å². The second-order valence-corrected chi connectivity index (χ2v) is 8.34. The number of hydrogen-bond donors (Lipinski definition) is 1. The Morgan fingerprint density at radius 2 is 2.12 bits per heavy atom. The van der Waals surface area contributed by atoms with Crippen LogP contribution in [0.1, 0.15) is 49.8 Å². The molecule has 132 valence electrons. The van der Waals surface area contributed by atoms with Gasteiger partial charge in [0.05, 0.1) is 11.4 Å². The summed E-state index contributed by atoms with van der Waals surface area (Å²) in [5, 5.41) is 8.55. The smallest absolute Gasteiger partial charge is 0.225 e. The van der Waals surface area contributed by atoms with Gasteiger partial charge >= 0.3 is 0 Å². The van der Waals surface area contributed by atoms with Crippen molar-refractivity contribution in [2.75, 3.05) is 5.32 Å². The average molecular weight is 376 g/mol. The Bertz CT molecular complexity index is 783. The monoisotopic (exact) mass is 375 g/mol. The van der Waals surface area contributed by atoms with Gasteiger partial charge in [0.1, 0.15) is 5.82 Å². The molecule has 1 aromatic heterocycles. The van der Waals surface area contributed by atoms with E-state index >= 15 is 0 Å². The number of amides is 1. The normalized spacial score (nSPS) is 17.5. The molecule has 4 nitrogen and oxygen atoms in total. The van der Waals surface area contributed by atoms with Crippen LogP contribution in [0.5, 0.6) is 0 Å². The van der Waals surface area contributed by atoms with Crippen LogP contribution in [-0.4, -0.2) is 15.7 Å². The van der Waals surface area contributed by atoms with Crippen LogP contribution >= 0.6 is 23.4 Å². The first-order valence-corrected chi connectivity index (χ1v) is 10.5. The summed E-state index contributed by atoms with van der Waals surface area (Å²) >= 11 is 7.98. The minimum atomic E-state index is 0.106. The van der Waals surface area contributed by atoms with E-state index in [2.05, 4.69) is 5.32 Å². The first kappa shape index (κ1) is 17.0. The van der Waals surface area contributed by atoms with Gasteiger partial charge in [0.15, 0.2) is 0 Å². The summed E-state index contributed by atoms with van der Waals surface area (Å²) in [7, 11) is 0. The molecule has 0 spiro atoms. The molecule has 0 bridgehead atoms. The molecule has 2 aromatic rings. The van der Waals surface area contributed by atoms with Gasteiger partial charge in [-0.1, -0.05) is 36.9 Å². The fourth-order valence-electron chi connectivity index (χ4n) is 3.77. The molecule has 1 aliphatic heterocycles. The molecule has 1 fully saturated rings. The predicted octanol–water partition coefficient (Wildman–Crippen LogP) is 5.18. The van der Waals surface area contributed by atoms with Crippen molar-refractivity contribution in [3.63, 3.8) is 0 Å². The quantitative estimate of drug-likeness (QED) is 0.800. The first-order valence-electron chi connectivity index (χ1n) is 8.95. The number of carbonyl (C=O) groups is 1. The lowest BCUT2D eigenvalue weighted by atomic mass is 9.87. The number of anilines is 1. The summed E-state index contributed by atoms with van der Waals surface area (Å²) in [4.78, 5) is 12.6. The van der Waals surface area contributed by atoms with Crippen LogP contribution in [0, 0.1) is 5.92 Å². The summed E-state index contributed by atoms with van der Waals surface area (Å²) in [6.07, 6.45) is 6.78. The van der Waals surface area contributed by atoms with Gasteiger partial charge in [0.25, 0.3) is 0 Å². The zero-order valence-corrected chi connectivity index (χ0v) is 15.7. The van der Waals surface area contributed by atoms with Crippen LogP contribution in [0.25, 0.3) is 5.69 Å². The third-order valence-electron chi connectivity index (χ3n) is 5.06. The highest BCUT2D eigenvalue weighted by molar-refractivity contribution is 7.98. The van der Waals surface area contributed by atoms with Crippen LogP contribution in [-0.2, 0) is 16.3 Å². The topological polar surface area (TPSA) is 46.9 Å². The van der Waals surface area contributed by atoms with Crippen LogP contribution in [0.2, 0.25) is 5.02 Å². The Morgan fingerprint density at radius 1 is 1.28 bits per heavy atom. The highest BCUT2D eigenvalue weighted by Crippen LogP contribution is 2.36. The molecule has 0 unspecified atom stereocenters. The van der Waals surface area contributed by atoms with Crippen LogP contribution in [0.3, 0.4) is 0 Å². The van der Waals surface area contributed by atoms with Crippen LogP contribution < -0.4 is 5.32 Å². The molecule has 0 saturated heterocycles. The third-order valence-corrected chi connectivity index (χ3v) is 6.27. The number of fused-ring (bicyclic) bond motifs is 1. The van der Waals surface area contributed by atoms with E-state index in [4.69, 9.17) is 16.7 Å². The molecular formula is C19H22ClN3OS. The van der Waals surface area contributed by atoms with Crippen molar-refractivity contribution >= 4 is 35.1 Å². The molecule has 1 aliphatic carbocycles. The third kappa shape index (κ3) is 3.72. The first-order chi connectivity index (χ1) is 12.2. The van der Waals surface area contributed by atoms with Crippen molar-refractivity contribution in [1.29, 1.82) is 0 Å². The van der Waals surface area contributed by atoms with Gasteiger partial charge < -0.3 is 5.32 Å². The van der Waals surface area contributed by atoms with Gasteiger partial charge in [0, 0.05) is 28.5 Å². The average Bonchev–Trinajstić information content (AvgIpc) is 3.18. The van der Waals surface area contributed by atoms with Crippen molar-refractivity contribution in [3.8, 4) is 5.69 Å². The van der Waals surface area contributed by atoms with Crippen molar-refractivity contribution in [2.45, 2.75) is 50.0 Å². The maximum atomic E-state index is 12.6. The van der Waals surface area contributed by atoms with Crippen molar-refractivity contribution in [1.82, 2.24) is 9.78 Å². The van der Waals surface area contributed by atoms with Crippen LogP contribution in [0.4, 0.5) is 5.82 Å². The molecule has 4 rings (SSSR count). The summed E-state index contributed by atoms with van der Waals surface area (Å²) in [6.45, 7) is 0. The lowest BCUT2D eigenvalue weighted by molar-refractivity contribution is -0.117. The molecule has 0 radical (unpaired) electrons. The fourth-order valence-corrected chi connectivity index (χ4v) is 4.99. The number of halogens is 1. The van der Waals surface area contributed by atoms with Crippen molar-refractivity contribution < 1.29 is 4.79 Å². The number of benzene rings is 1. The maximum absolute atomic E-state index is 12.6. The Morgan fingerprint density at radius 3 is 2.92 bits per heavy atom. The number of hydrogen-bond acceptors (Lipinski definition) is 3. The summed E-state index contributed by atoms with van der Waals surface area (Å²) in [5.74, 6) is 3.25. The highest BCUT2D eigenvalue weighted by atomic mass is 35.5. The summed E-state index contributed by atoms with van der Waals surface area (Å²) in [5.41, 5.74) is 3.11. The molecule has 1 saturated carbocycles. The molecular weight excluding hydrogens is 354 g/mol. The number of carbonyl (C=O) groups excluding carboxylic acids is 1. The molecule has 1 aromatic carbocycles. The lowest BCUT2D eigenvalue weighted by Gasteiger charge is -2.21. The predicted molar refractivity (Wildman–Crippen MR) is 103 cm³/mol. The van der Waals surface area contributed by atoms with Gasteiger partial charge in [-0.15, -0.1) is 0 Å². The second-order valence-electron chi connectivity index (χ2n) is 6.91. The Kier molecular flexibility index (Phi) is 5.04. The SMILES string of the molecule is O=C(CC1CCCCC1)Nc1c2c(nn1-c1cccc(Cl)c1)CSC2. The van der Waals surface area contributed by atoms with E-state index in [0.29, 0.717) is 17.4 Å². The zero-order valence-electron chi connectivity index (χ0n) is 14.1. The summed E-state index contributed by atoms with van der Waals surface area (Å²) < 4.78 is 1.84. The van der Waals surface area contributed by atoms with E-state index in [1.165, 1.54) is 32.1 Å². The Balaban J connectivity index is 1.58. The van der Waals surface area contributed by atoms with Gasteiger partial charge in [0.2, 0.25) is 5.91 Å². The van der Waals surface area contributed by atoms with Gasteiger partial charge in [-0.3, -0.25) is 4.79 Å². The maximum Gasteiger partial charge on any atom is 0.225 e. The molecule has 25 heavy (non-hydrogen) atoms. The lowest BCUT2D eigenvalue weighted by Crippen LogP contribution is -2.20. The minimum Gasteiger partial charge on any atom is -0.310 e. The van der Waals surface area contributed by atoms with E-state index < -0.39 is 0 Å². The minimum absolute atomic E-state index is 0.106. The van der Waals surface area contributed by atoms with Gasteiger partial charge in [-0.05, 0) is 37.0 Å². The number of thioether (sulfide) groups is 1. The fraction of sp³-hybridized carbons (Fsp3) is 0.474. The zero-order chi connectivity index (χ0) is 17.2. The molecule has 1 N–H and O–H groups in total. The van der Waals surface area contributed by atoms with Crippen LogP contribution in [0.15, 0.2) is 24.3 Å². The second kappa shape index (κ2) is 7.42. The number of aromatic nitrogens is 2. The van der Waals surface area contributed by atoms with E-state index in [-0.39, 0.29) is 5.91 Å². The number of rotatable bonds is 4. The highest BCUT2D eigenvalue weighted by Gasteiger charge is 2.25. The van der Waals surface area contributed by atoms with E-state index in [0.717, 1.165) is 34.3 Å². The molecule has 0 atom stereocenters. The molecule has 6 heteroatoms. The van der Waals surface area contributed by atoms with E-state index in [9.17, 15) is 4.79 Å². The number of nitrogens with one attached hydrogen (secondary N) is 1. The molecule has 2 aliphatic rings. The molecule has 1 amide bonds. The Labute approximate surface area is 157 Å². The standard InChI is InChI=1S/C19H22ClN3OS/c20-14-7-4-8-15(10-14)23-19(16-11-25-12-17(16)22-23)21-18(24)9-13-5-2-1-3-6-13/h4,7-8,10,13H,1-3,5-6,9,11-12H2,(H,21,24). The number of nitrogens with zero attached hydrogens (tertiary/aromatic N) is 2.